The molecule has 76 valence electrons. The minimum Gasteiger partial charge on any atom is -0.465 e. The molecule has 2 heterocycles. The first-order valence-corrected chi connectivity index (χ1v) is 4.36. The zero-order valence-corrected chi connectivity index (χ0v) is 8.12. The molecule has 0 amide bonds. The van der Waals surface area contributed by atoms with Gasteiger partial charge in [0.1, 0.15) is 5.56 Å². The predicted octanol–water partition coefficient (Wildman–Crippen LogP) is 1.05. The smallest absolute Gasteiger partial charge is 0.341 e. The first-order valence-electron chi connectivity index (χ1n) is 4.36. The lowest BCUT2D eigenvalue weighted by Gasteiger charge is -2.05. The number of rotatable bonds is 2. The van der Waals surface area contributed by atoms with Gasteiger partial charge >= 0.3 is 5.97 Å². The van der Waals surface area contributed by atoms with Crippen molar-refractivity contribution in [1.82, 2.24) is 14.8 Å². The van der Waals surface area contributed by atoms with Gasteiger partial charge in [0.15, 0.2) is 5.82 Å². The highest BCUT2D eigenvalue weighted by Crippen LogP contribution is 2.10. The van der Waals surface area contributed by atoms with Crippen LogP contribution in [0.3, 0.4) is 0 Å². The summed E-state index contributed by atoms with van der Waals surface area (Å²) in [6.45, 7) is 0. The maximum absolute atomic E-state index is 11.4. The second-order valence-corrected chi connectivity index (χ2v) is 2.82. The van der Waals surface area contributed by atoms with Gasteiger partial charge in [-0.1, -0.05) is 0 Å². The molecule has 0 N–H and O–H groups in total. The van der Waals surface area contributed by atoms with Crippen LogP contribution in [0.2, 0.25) is 0 Å². The van der Waals surface area contributed by atoms with Gasteiger partial charge in [-0.2, -0.15) is 5.10 Å². The number of nitrogens with zero attached hydrogens (tertiary/aromatic N) is 3. The van der Waals surface area contributed by atoms with Gasteiger partial charge in [-0.05, 0) is 18.2 Å². The molecule has 5 heteroatoms. The monoisotopic (exact) mass is 203 g/mol. The van der Waals surface area contributed by atoms with E-state index >= 15 is 0 Å². The summed E-state index contributed by atoms with van der Waals surface area (Å²) in [7, 11) is 1.34. The Morgan fingerprint density at radius 3 is 2.93 bits per heavy atom. The number of carbonyl (C=O) groups is 1. The first kappa shape index (κ1) is 9.39. The highest BCUT2D eigenvalue weighted by molar-refractivity contribution is 5.92. The standard InChI is InChI=1S/C10H9N3O2/c1-15-10(14)8-4-2-5-11-9(8)13-7-3-6-12-13/h2-7H,1H3. The fraction of sp³-hybridized carbons (Fsp3) is 0.100. The summed E-state index contributed by atoms with van der Waals surface area (Å²) >= 11 is 0. The molecular formula is C10H9N3O2. The molecule has 0 fully saturated rings. The van der Waals surface area contributed by atoms with Gasteiger partial charge < -0.3 is 4.74 Å². The van der Waals surface area contributed by atoms with Crippen molar-refractivity contribution in [3.05, 3.63) is 42.4 Å². The number of methoxy groups -OCH3 is 1. The SMILES string of the molecule is COC(=O)c1cccnc1-n1cccn1. The summed E-state index contributed by atoms with van der Waals surface area (Å²) in [6.07, 6.45) is 4.94. The molecule has 0 atom stereocenters. The van der Waals surface area contributed by atoms with Crippen molar-refractivity contribution in [2.45, 2.75) is 0 Å². The average Bonchev–Trinajstić information content (AvgIpc) is 2.81. The molecule has 0 aliphatic heterocycles. The molecule has 0 bridgehead atoms. The van der Waals surface area contributed by atoms with E-state index in [0.717, 1.165) is 0 Å². The van der Waals surface area contributed by atoms with E-state index in [-0.39, 0.29) is 0 Å². The Balaban J connectivity index is 2.52. The van der Waals surface area contributed by atoms with Gasteiger partial charge in [-0.15, -0.1) is 0 Å². The summed E-state index contributed by atoms with van der Waals surface area (Å²) in [5.74, 6) is 0.0444. The van der Waals surface area contributed by atoms with Gasteiger partial charge in [-0.3, -0.25) is 0 Å². The molecule has 0 aliphatic rings. The molecule has 5 nitrogen and oxygen atoms in total. The molecule has 0 unspecified atom stereocenters. The van der Waals surface area contributed by atoms with E-state index in [0.29, 0.717) is 11.4 Å². The van der Waals surface area contributed by atoms with E-state index in [1.807, 2.05) is 0 Å². The van der Waals surface area contributed by atoms with Crippen LogP contribution >= 0.6 is 0 Å². The molecule has 2 aromatic heterocycles. The third-order valence-corrected chi connectivity index (χ3v) is 1.91. The second kappa shape index (κ2) is 3.91. The second-order valence-electron chi connectivity index (χ2n) is 2.82. The van der Waals surface area contributed by atoms with Crippen molar-refractivity contribution in [1.29, 1.82) is 0 Å². The van der Waals surface area contributed by atoms with Crippen LogP contribution in [0.4, 0.5) is 0 Å². The molecule has 2 rings (SSSR count). The van der Waals surface area contributed by atoms with Crippen molar-refractivity contribution in [3.63, 3.8) is 0 Å². The predicted molar refractivity (Wildman–Crippen MR) is 52.7 cm³/mol. The minimum atomic E-state index is -0.423. The molecule has 0 saturated heterocycles. The number of esters is 1. The third-order valence-electron chi connectivity index (χ3n) is 1.91. The largest absolute Gasteiger partial charge is 0.465 e. The molecule has 0 aromatic carbocycles. The number of hydrogen-bond acceptors (Lipinski definition) is 4. The summed E-state index contributed by atoms with van der Waals surface area (Å²) in [5, 5.41) is 4.01. The molecule has 0 aliphatic carbocycles. The maximum atomic E-state index is 11.4. The normalized spacial score (nSPS) is 9.93. The third kappa shape index (κ3) is 1.71. The van der Waals surface area contributed by atoms with Crippen molar-refractivity contribution in [3.8, 4) is 5.82 Å². The summed E-state index contributed by atoms with van der Waals surface area (Å²) < 4.78 is 6.18. The number of pyridine rings is 1. The van der Waals surface area contributed by atoms with Gasteiger partial charge in [0.25, 0.3) is 0 Å². The highest BCUT2D eigenvalue weighted by atomic mass is 16.5. The Hall–Kier alpha value is -2.17. The van der Waals surface area contributed by atoms with Gasteiger partial charge in [-0.25, -0.2) is 14.5 Å². The van der Waals surface area contributed by atoms with Gasteiger partial charge in [0.05, 0.1) is 7.11 Å². The lowest BCUT2D eigenvalue weighted by Crippen LogP contribution is -2.09. The number of ether oxygens (including phenoxy) is 1. The van der Waals surface area contributed by atoms with Crippen LogP contribution < -0.4 is 0 Å². The molecular weight excluding hydrogens is 194 g/mol. The fourth-order valence-corrected chi connectivity index (χ4v) is 1.24. The van der Waals surface area contributed by atoms with Crippen molar-refractivity contribution in [2.75, 3.05) is 7.11 Å². The number of carbonyl (C=O) groups excluding carboxylic acids is 1. The van der Waals surface area contributed by atoms with Crippen LogP contribution in [0, 0.1) is 0 Å². The van der Waals surface area contributed by atoms with Crippen LogP contribution in [-0.4, -0.2) is 27.8 Å². The van der Waals surface area contributed by atoms with Crippen LogP contribution in [0.1, 0.15) is 10.4 Å². The lowest BCUT2D eigenvalue weighted by molar-refractivity contribution is 0.0600. The van der Waals surface area contributed by atoms with Crippen molar-refractivity contribution in [2.24, 2.45) is 0 Å². The van der Waals surface area contributed by atoms with Crippen LogP contribution in [0.15, 0.2) is 36.8 Å². The zero-order valence-electron chi connectivity index (χ0n) is 8.12. The fourth-order valence-electron chi connectivity index (χ4n) is 1.24. The molecule has 0 spiro atoms. The van der Waals surface area contributed by atoms with E-state index in [9.17, 15) is 4.79 Å². The van der Waals surface area contributed by atoms with Crippen LogP contribution in [0.5, 0.6) is 0 Å². The summed E-state index contributed by atoms with van der Waals surface area (Å²) in [4.78, 5) is 15.5. The molecule has 0 saturated carbocycles. The Labute approximate surface area is 86.3 Å². The number of hydrogen-bond donors (Lipinski definition) is 0. The van der Waals surface area contributed by atoms with Crippen LogP contribution in [-0.2, 0) is 4.74 Å². The lowest BCUT2D eigenvalue weighted by atomic mass is 10.2. The quantitative estimate of drug-likeness (QED) is 0.684. The average molecular weight is 203 g/mol. The Kier molecular flexibility index (Phi) is 2.45. The number of aromatic nitrogens is 3. The molecule has 0 radical (unpaired) electrons. The van der Waals surface area contributed by atoms with Gasteiger partial charge in [0.2, 0.25) is 0 Å². The van der Waals surface area contributed by atoms with E-state index < -0.39 is 5.97 Å². The van der Waals surface area contributed by atoms with E-state index in [1.54, 1.807) is 36.8 Å². The first-order chi connectivity index (χ1) is 7.33. The zero-order chi connectivity index (χ0) is 10.7. The Morgan fingerprint density at radius 1 is 1.40 bits per heavy atom. The van der Waals surface area contributed by atoms with Gasteiger partial charge in [0, 0.05) is 18.6 Å². The molecule has 2 aromatic rings. The van der Waals surface area contributed by atoms with E-state index in [4.69, 9.17) is 0 Å². The van der Waals surface area contributed by atoms with E-state index in [1.165, 1.54) is 11.8 Å². The summed E-state index contributed by atoms with van der Waals surface area (Å²) in [6, 6.07) is 5.09. The van der Waals surface area contributed by atoms with Crippen LogP contribution in [0.25, 0.3) is 5.82 Å². The highest BCUT2D eigenvalue weighted by Gasteiger charge is 2.13. The molecule has 15 heavy (non-hydrogen) atoms. The van der Waals surface area contributed by atoms with Crippen molar-refractivity contribution < 1.29 is 9.53 Å². The Morgan fingerprint density at radius 2 is 2.27 bits per heavy atom. The van der Waals surface area contributed by atoms with E-state index in [2.05, 4.69) is 14.8 Å². The maximum Gasteiger partial charge on any atom is 0.341 e. The minimum absolute atomic E-state index is 0.392. The summed E-state index contributed by atoms with van der Waals surface area (Å²) in [5.41, 5.74) is 0.392. The van der Waals surface area contributed by atoms with Crippen molar-refractivity contribution >= 4 is 5.97 Å². The topological polar surface area (TPSA) is 57.0 Å². The Bertz CT molecular complexity index is 465.